The van der Waals surface area contributed by atoms with E-state index < -0.39 is 5.97 Å². The quantitative estimate of drug-likeness (QED) is 0.511. The van der Waals surface area contributed by atoms with Crippen molar-refractivity contribution in [2.24, 2.45) is 5.92 Å². The summed E-state index contributed by atoms with van der Waals surface area (Å²) in [6, 6.07) is 20.3. The van der Waals surface area contributed by atoms with Gasteiger partial charge < -0.3 is 10.1 Å². The largest absolute Gasteiger partial charge is 0.465 e. The highest BCUT2D eigenvalue weighted by Gasteiger charge is 2.24. The highest BCUT2D eigenvalue weighted by atomic mass is 32.1. The Hall–Kier alpha value is -2.96. The van der Waals surface area contributed by atoms with Crippen LogP contribution in [0.15, 0.2) is 66.0 Å². The number of nitrogens with zero attached hydrogens (tertiary/aromatic N) is 1. The lowest BCUT2D eigenvalue weighted by molar-refractivity contribution is -0.117. The molecule has 32 heavy (non-hydrogen) atoms. The molecule has 1 saturated heterocycles. The van der Waals surface area contributed by atoms with Gasteiger partial charge in [0, 0.05) is 10.9 Å². The van der Waals surface area contributed by atoms with Gasteiger partial charge in [-0.25, -0.2) is 4.79 Å². The van der Waals surface area contributed by atoms with Crippen molar-refractivity contribution in [1.82, 2.24) is 4.90 Å². The fourth-order valence-electron chi connectivity index (χ4n) is 4.25. The predicted molar refractivity (Wildman–Crippen MR) is 129 cm³/mol. The van der Waals surface area contributed by atoms with Crippen molar-refractivity contribution >= 4 is 28.2 Å². The number of likely N-dealkylation sites (tertiary alicyclic amines) is 1. The van der Waals surface area contributed by atoms with Gasteiger partial charge in [0.15, 0.2) is 0 Å². The number of hydrogen-bond acceptors (Lipinski definition) is 5. The van der Waals surface area contributed by atoms with E-state index in [0.29, 0.717) is 23.0 Å². The lowest BCUT2D eigenvalue weighted by atomic mass is 9.90. The average Bonchev–Trinajstić information content (AvgIpc) is 3.24. The van der Waals surface area contributed by atoms with Crippen LogP contribution < -0.4 is 5.32 Å². The standard InChI is InChI=1S/C26H28N2O3S/c1-31-26(30)24-22(21-10-6-3-7-11-21)18-32-25(24)27-23(29)17-28-14-12-20(13-15-28)16-19-8-4-2-5-9-19/h2-11,18,20H,12-17H2,1H3,(H,27,29). The molecule has 2 aromatic carbocycles. The van der Waals surface area contributed by atoms with Gasteiger partial charge in [-0.3, -0.25) is 9.69 Å². The number of methoxy groups -OCH3 is 1. The molecule has 1 aliphatic rings. The third-order valence-corrected chi connectivity index (χ3v) is 6.86. The number of benzene rings is 2. The van der Waals surface area contributed by atoms with Crippen LogP contribution in [0.4, 0.5) is 5.00 Å². The van der Waals surface area contributed by atoms with Crippen LogP contribution >= 0.6 is 11.3 Å². The van der Waals surface area contributed by atoms with Crippen molar-refractivity contribution in [3.8, 4) is 11.1 Å². The number of ether oxygens (including phenoxy) is 1. The summed E-state index contributed by atoms with van der Waals surface area (Å²) in [5.41, 5.74) is 3.49. The number of carbonyl (C=O) groups excluding carboxylic acids is 2. The van der Waals surface area contributed by atoms with E-state index in [9.17, 15) is 9.59 Å². The van der Waals surface area contributed by atoms with Gasteiger partial charge in [-0.05, 0) is 49.4 Å². The number of thiophene rings is 1. The summed E-state index contributed by atoms with van der Waals surface area (Å²) in [6.45, 7) is 2.15. The molecule has 0 bridgehead atoms. The summed E-state index contributed by atoms with van der Waals surface area (Å²) in [4.78, 5) is 27.4. The lowest BCUT2D eigenvalue weighted by Gasteiger charge is -2.31. The molecule has 0 atom stereocenters. The number of amides is 1. The monoisotopic (exact) mass is 448 g/mol. The summed E-state index contributed by atoms with van der Waals surface area (Å²) in [5.74, 6) is 0.119. The van der Waals surface area contributed by atoms with E-state index in [1.807, 2.05) is 41.8 Å². The summed E-state index contributed by atoms with van der Waals surface area (Å²) in [7, 11) is 1.36. The van der Waals surface area contributed by atoms with Gasteiger partial charge in [-0.15, -0.1) is 11.3 Å². The first kappa shape index (κ1) is 22.2. The number of rotatable bonds is 7. The molecule has 6 heteroatoms. The van der Waals surface area contributed by atoms with Gasteiger partial charge in [-0.1, -0.05) is 60.7 Å². The van der Waals surface area contributed by atoms with Crippen LogP contribution in [0.2, 0.25) is 0 Å². The molecular formula is C26H28N2O3S. The topological polar surface area (TPSA) is 58.6 Å². The maximum absolute atomic E-state index is 12.8. The van der Waals surface area contributed by atoms with Crippen LogP contribution in [-0.2, 0) is 16.0 Å². The van der Waals surface area contributed by atoms with E-state index in [1.165, 1.54) is 24.0 Å². The van der Waals surface area contributed by atoms with Crippen LogP contribution in [0, 0.1) is 5.92 Å². The van der Waals surface area contributed by atoms with Gasteiger partial charge in [0.2, 0.25) is 5.91 Å². The lowest BCUT2D eigenvalue weighted by Crippen LogP contribution is -2.39. The van der Waals surface area contributed by atoms with E-state index in [4.69, 9.17) is 4.74 Å². The first-order valence-corrected chi connectivity index (χ1v) is 11.8. The molecule has 5 nitrogen and oxygen atoms in total. The van der Waals surface area contributed by atoms with Crippen molar-refractivity contribution in [3.63, 3.8) is 0 Å². The summed E-state index contributed by atoms with van der Waals surface area (Å²) < 4.78 is 5.00. The maximum Gasteiger partial charge on any atom is 0.341 e. The zero-order valence-electron chi connectivity index (χ0n) is 18.3. The van der Waals surface area contributed by atoms with Crippen molar-refractivity contribution < 1.29 is 14.3 Å². The number of anilines is 1. The predicted octanol–water partition coefficient (Wildman–Crippen LogP) is 5.09. The van der Waals surface area contributed by atoms with Gasteiger partial charge in [-0.2, -0.15) is 0 Å². The SMILES string of the molecule is COC(=O)c1c(-c2ccccc2)csc1NC(=O)CN1CCC(Cc2ccccc2)CC1. The second-order valence-electron chi connectivity index (χ2n) is 8.17. The first-order valence-electron chi connectivity index (χ1n) is 11.0. The second-order valence-corrected chi connectivity index (χ2v) is 9.05. The summed E-state index contributed by atoms with van der Waals surface area (Å²) in [5, 5.41) is 5.39. The molecule has 2 heterocycles. The Morgan fingerprint density at radius 1 is 1.03 bits per heavy atom. The van der Waals surface area contributed by atoms with Crippen molar-refractivity contribution in [2.75, 3.05) is 32.1 Å². The molecule has 1 aromatic heterocycles. The highest BCUT2D eigenvalue weighted by molar-refractivity contribution is 7.15. The Labute approximate surface area is 193 Å². The van der Waals surface area contributed by atoms with E-state index >= 15 is 0 Å². The van der Waals surface area contributed by atoms with Crippen LogP contribution in [0.25, 0.3) is 11.1 Å². The highest BCUT2D eigenvalue weighted by Crippen LogP contribution is 2.36. The van der Waals surface area contributed by atoms with Crippen LogP contribution in [0.1, 0.15) is 28.8 Å². The first-order chi connectivity index (χ1) is 15.6. The molecule has 0 spiro atoms. The number of piperidine rings is 1. The van der Waals surface area contributed by atoms with E-state index in [0.717, 1.165) is 43.5 Å². The van der Waals surface area contributed by atoms with E-state index in [1.54, 1.807) is 0 Å². The van der Waals surface area contributed by atoms with Gasteiger partial charge in [0.25, 0.3) is 0 Å². The number of hydrogen-bond donors (Lipinski definition) is 1. The van der Waals surface area contributed by atoms with Gasteiger partial charge in [0.05, 0.1) is 13.7 Å². The van der Waals surface area contributed by atoms with Crippen LogP contribution in [0.3, 0.4) is 0 Å². The molecule has 0 aliphatic carbocycles. The zero-order valence-corrected chi connectivity index (χ0v) is 19.1. The Bertz CT molecular complexity index is 1040. The fraction of sp³-hybridized carbons (Fsp3) is 0.308. The normalized spacial score (nSPS) is 14.8. The Morgan fingerprint density at radius 2 is 1.69 bits per heavy atom. The molecule has 1 aliphatic heterocycles. The van der Waals surface area contributed by atoms with Crippen molar-refractivity contribution in [1.29, 1.82) is 0 Å². The number of nitrogens with one attached hydrogen (secondary N) is 1. The van der Waals surface area contributed by atoms with E-state index in [-0.39, 0.29) is 5.91 Å². The summed E-state index contributed by atoms with van der Waals surface area (Å²) >= 11 is 1.36. The second kappa shape index (κ2) is 10.6. The van der Waals surface area contributed by atoms with Crippen molar-refractivity contribution in [3.05, 3.63) is 77.2 Å². The average molecular weight is 449 g/mol. The van der Waals surface area contributed by atoms with Crippen LogP contribution in [-0.4, -0.2) is 43.5 Å². The minimum Gasteiger partial charge on any atom is -0.465 e. The van der Waals surface area contributed by atoms with Gasteiger partial charge in [0.1, 0.15) is 10.6 Å². The molecule has 3 aromatic rings. The van der Waals surface area contributed by atoms with E-state index in [2.05, 4.69) is 34.5 Å². The molecular weight excluding hydrogens is 420 g/mol. The molecule has 166 valence electrons. The third-order valence-electron chi connectivity index (χ3n) is 5.96. The zero-order chi connectivity index (χ0) is 22.3. The number of carbonyl (C=O) groups is 2. The molecule has 1 N–H and O–H groups in total. The Morgan fingerprint density at radius 3 is 2.34 bits per heavy atom. The fourth-order valence-corrected chi connectivity index (χ4v) is 5.22. The molecule has 0 radical (unpaired) electrons. The molecule has 1 fully saturated rings. The minimum atomic E-state index is -0.442. The Balaban J connectivity index is 1.35. The summed E-state index contributed by atoms with van der Waals surface area (Å²) in [6.07, 6.45) is 3.28. The minimum absolute atomic E-state index is 0.0990. The molecule has 0 unspecified atom stereocenters. The Kier molecular flexibility index (Phi) is 7.35. The maximum atomic E-state index is 12.8. The molecule has 4 rings (SSSR count). The smallest absolute Gasteiger partial charge is 0.341 e. The molecule has 1 amide bonds. The van der Waals surface area contributed by atoms with Gasteiger partial charge >= 0.3 is 5.97 Å². The number of esters is 1. The van der Waals surface area contributed by atoms with Crippen molar-refractivity contribution in [2.45, 2.75) is 19.3 Å². The third kappa shape index (κ3) is 5.44. The molecule has 0 saturated carbocycles. The van der Waals surface area contributed by atoms with Crippen LogP contribution in [0.5, 0.6) is 0 Å².